The number of nitrogens with zero attached hydrogens (tertiary/aromatic N) is 1. The molecule has 1 aliphatic carbocycles. The number of unbranched alkanes of at least 4 members (excludes halogenated alkanes) is 1. The zero-order valence-electron chi connectivity index (χ0n) is 11.2. The van der Waals surface area contributed by atoms with Gasteiger partial charge >= 0.3 is 0 Å². The van der Waals surface area contributed by atoms with Crippen molar-refractivity contribution in [3.8, 4) is 0 Å². The van der Waals surface area contributed by atoms with Crippen LogP contribution in [0.5, 0.6) is 0 Å². The van der Waals surface area contributed by atoms with Crippen LogP contribution in [0.2, 0.25) is 0 Å². The Morgan fingerprint density at radius 1 is 1.12 bits per heavy atom. The molecule has 0 heterocycles. The van der Waals surface area contributed by atoms with E-state index >= 15 is 0 Å². The number of ether oxygens (including phenoxy) is 1. The van der Waals surface area contributed by atoms with Crippen molar-refractivity contribution in [1.82, 2.24) is 10.2 Å². The van der Waals surface area contributed by atoms with E-state index in [2.05, 4.69) is 24.3 Å². The normalized spacial score (nSPS) is 26.2. The fraction of sp³-hybridized carbons (Fsp3) is 1.00. The molecule has 0 radical (unpaired) electrons. The van der Waals surface area contributed by atoms with Gasteiger partial charge in [-0.05, 0) is 65.7 Å². The highest BCUT2D eigenvalue weighted by Crippen LogP contribution is 2.20. The third-order valence-electron chi connectivity index (χ3n) is 3.47. The Balaban J connectivity index is 1.94. The molecule has 3 heteroatoms. The lowest BCUT2D eigenvalue weighted by atomic mass is 9.93. The predicted molar refractivity (Wildman–Crippen MR) is 68.8 cm³/mol. The first kappa shape index (κ1) is 13.9. The van der Waals surface area contributed by atoms with Crippen LogP contribution in [0, 0.1) is 0 Å². The van der Waals surface area contributed by atoms with Gasteiger partial charge in [0.2, 0.25) is 0 Å². The molecular weight excluding hydrogens is 200 g/mol. The van der Waals surface area contributed by atoms with E-state index in [1.165, 1.54) is 51.6 Å². The summed E-state index contributed by atoms with van der Waals surface area (Å²) >= 11 is 0. The lowest BCUT2D eigenvalue weighted by Gasteiger charge is -2.28. The van der Waals surface area contributed by atoms with Crippen LogP contribution in [0.25, 0.3) is 0 Å². The highest BCUT2D eigenvalue weighted by atomic mass is 16.5. The Labute approximate surface area is 101 Å². The first-order valence-electron chi connectivity index (χ1n) is 6.63. The maximum absolute atomic E-state index is 5.38. The second kappa shape index (κ2) is 8.04. The van der Waals surface area contributed by atoms with E-state index in [0.717, 1.165) is 6.04 Å². The molecule has 0 aromatic heterocycles. The Hall–Kier alpha value is -0.120. The summed E-state index contributed by atoms with van der Waals surface area (Å²) in [7, 11) is 6.11. The van der Waals surface area contributed by atoms with Crippen LogP contribution < -0.4 is 5.32 Å². The van der Waals surface area contributed by atoms with E-state index in [0.29, 0.717) is 6.10 Å². The number of nitrogens with one attached hydrogen (secondary N) is 1. The van der Waals surface area contributed by atoms with Gasteiger partial charge in [0.15, 0.2) is 0 Å². The smallest absolute Gasteiger partial charge is 0.0572 e. The summed E-state index contributed by atoms with van der Waals surface area (Å²) in [5.41, 5.74) is 0. The van der Waals surface area contributed by atoms with Crippen LogP contribution in [0.15, 0.2) is 0 Å². The minimum Gasteiger partial charge on any atom is -0.381 e. The highest BCUT2D eigenvalue weighted by molar-refractivity contribution is 4.77. The SMILES string of the molecule is COC1CCC(NCCCCN(C)C)CC1. The molecule has 1 saturated carbocycles. The molecule has 0 amide bonds. The van der Waals surface area contributed by atoms with Gasteiger partial charge in [0.25, 0.3) is 0 Å². The zero-order chi connectivity index (χ0) is 11.8. The van der Waals surface area contributed by atoms with Crippen molar-refractivity contribution in [2.24, 2.45) is 0 Å². The van der Waals surface area contributed by atoms with Gasteiger partial charge in [-0.3, -0.25) is 0 Å². The van der Waals surface area contributed by atoms with Gasteiger partial charge in [0.05, 0.1) is 6.10 Å². The van der Waals surface area contributed by atoms with Crippen LogP contribution in [-0.4, -0.2) is 51.3 Å². The molecule has 0 atom stereocenters. The zero-order valence-corrected chi connectivity index (χ0v) is 11.2. The molecule has 96 valence electrons. The Morgan fingerprint density at radius 2 is 1.81 bits per heavy atom. The van der Waals surface area contributed by atoms with Gasteiger partial charge in [0, 0.05) is 13.2 Å². The first-order chi connectivity index (χ1) is 7.72. The maximum atomic E-state index is 5.38. The molecule has 0 unspecified atom stereocenters. The summed E-state index contributed by atoms with van der Waals surface area (Å²) in [4.78, 5) is 2.25. The van der Waals surface area contributed by atoms with Gasteiger partial charge in [-0.1, -0.05) is 0 Å². The molecule has 0 aromatic carbocycles. The van der Waals surface area contributed by atoms with Crippen molar-refractivity contribution in [3.05, 3.63) is 0 Å². The average Bonchev–Trinajstić information content (AvgIpc) is 2.29. The largest absolute Gasteiger partial charge is 0.381 e. The van der Waals surface area contributed by atoms with Crippen molar-refractivity contribution in [3.63, 3.8) is 0 Å². The van der Waals surface area contributed by atoms with Crippen LogP contribution in [0.1, 0.15) is 38.5 Å². The summed E-state index contributed by atoms with van der Waals surface area (Å²) < 4.78 is 5.38. The number of hydrogen-bond donors (Lipinski definition) is 1. The van der Waals surface area contributed by atoms with Crippen molar-refractivity contribution >= 4 is 0 Å². The molecule has 16 heavy (non-hydrogen) atoms. The van der Waals surface area contributed by atoms with Gasteiger partial charge in [-0.15, -0.1) is 0 Å². The monoisotopic (exact) mass is 228 g/mol. The molecule has 1 rings (SSSR count). The summed E-state index contributed by atoms with van der Waals surface area (Å²) in [6, 6.07) is 0.741. The minimum absolute atomic E-state index is 0.520. The Morgan fingerprint density at radius 3 is 2.38 bits per heavy atom. The minimum atomic E-state index is 0.520. The molecule has 0 spiro atoms. The van der Waals surface area contributed by atoms with Crippen LogP contribution >= 0.6 is 0 Å². The highest BCUT2D eigenvalue weighted by Gasteiger charge is 2.19. The van der Waals surface area contributed by atoms with E-state index in [-0.39, 0.29) is 0 Å². The van der Waals surface area contributed by atoms with E-state index in [4.69, 9.17) is 4.74 Å². The summed E-state index contributed by atoms with van der Waals surface area (Å²) in [5.74, 6) is 0. The number of rotatable bonds is 7. The third-order valence-corrected chi connectivity index (χ3v) is 3.47. The maximum Gasteiger partial charge on any atom is 0.0572 e. The average molecular weight is 228 g/mol. The molecule has 0 saturated heterocycles. The third kappa shape index (κ3) is 5.83. The predicted octanol–water partition coefficient (Wildman–Crippen LogP) is 1.88. The second-order valence-electron chi connectivity index (χ2n) is 5.17. The molecule has 1 aliphatic rings. The molecule has 3 nitrogen and oxygen atoms in total. The van der Waals surface area contributed by atoms with Crippen LogP contribution in [0.3, 0.4) is 0 Å². The lowest BCUT2D eigenvalue weighted by molar-refractivity contribution is 0.0625. The standard InChI is InChI=1S/C13H28N2O/c1-15(2)11-5-4-10-14-12-6-8-13(16-3)9-7-12/h12-14H,4-11H2,1-3H3. The molecular formula is C13H28N2O. The van der Waals surface area contributed by atoms with Gasteiger partial charge in [-0.2, -0.15) is 0 Å². The van der Waals surface area contributed by atoms with Gasteiger partial charge in [-0.25, -0.2) is 0 Å². The quantitative estimate of drug-likeness (QED) is 0.673. The molecule has 0 bridgehead atoms. The summed E-state index contributed by atoms with van der Waals surface area (Å²) in [6.07, 6.45) is 8.14. The molecule has 0 aromatic rings. The fourth-order valence-corrected chi connectivity index (χ4v) is 2.36. The van der Waals surface area contributed by atoms with E-state index in [9.17, 15) is 0 Å². The first-order valence-corrected chi connectivity index (χ1v) is 6.63. The summed E-state index contributed by atoms with van der Waals surface area (Å²) in [6.45, 7) is 2.38. The Bertz CT molecular complexity index is 165. The van der Waals surface area contributed by atoms with Crippen LogP contribution in [-0.2, 0) is 4.74 Å². The number of hydrogen-bond acceptors (Lipinski definition) is 3. The second-order valence-corrected chi connectivity index (χ2v) is 5.17. The fourth-order valence-electron chi connectivity index (χ4n) is 2.36. The van der Waals surface area contributed by atoms with Crippen molar-refractivity contribution in [1.29, 1.82) is 0 Å². The van der Waals surface area contributed by atoms with Crippen LogP contribution in [0.4, 0.5) is 0 Å². The summed E-state index contributed by atoms with van der Waals surface area (Å²) in [5, 5.41) is 3.67. The van der Waals surface area contributed by atoms with Crippen molar-refractivity contribution < 1.29 is 4.74 Å². The van der Waals surface area contributed by atoms with E-state index in [1.54, 1.807) is 0 Å². The van der Waals surface area contributed by atoms with E-state index < -0.39 is 0 Å². The van der Waals surface area contributed by atoms with Crippen molar-refractivity contribution in [2.75, 3.05) is 34.3 Å². The Kier molecular flexibility index (Phi) is 7.01. The molecule has 0 aliphatic heterocycles. The van der Waals surface area contributed by atoms with Gasteiger partial charge < -0.3 is 15.0 Å². The lowest BCUT2D eigenvalue weighted by Crippen LogP contribution is -2.35. The van der Waals surface area contributed by atoms with E-state index in [1.807, 2.05) is 7.11 Å². The topological polar surface area (TPSA) is 24.5 Å². The number of methoxy groups -OCH3 is 1. The van der Waals surface area contributed by atoms with Crippen molar-refractivity contribution in [2.45, 2.75) is 50.7 Å². The molecule has 1 fully saturated rings. The van der Waals surface area contributed by atoms with Gasteiger partial charge in [0.1, 0.15) is 0 Å². The molecule has 1 N–H and O–H groups in total.